The summed E-state index contributed by atoms with van der Waals surface area (Å²) in [4.78, 5) is 4.63. The van der Waals surface area contributed by atoms with Crippen LogP contribution >= 0.6 is 24.0 Å². The lowest BCUT2D eigenvalue weighted by Gasteiger charge is -2.38. The molecule has 3 rings (SSSR count). The fourth-order valence-electron chi connectivity index (χ4n) is 3.28. The number of nitrogens with one attached hydrogen (secondary N) is 2. The number of benzene rings is 1. The molecular formula is C20H28IN3O2. The Bertz CT molecular complexity index is 653. The maximum absolute atomic E-state index is 5.61. The molecule has 1 saturated heterocycles. The summed E-state index contributed by atoms with van der Waals surface area (Å²) in [7, 11) is 0. The van der Waals surface area contributed by atoms with Crippen LogP contribution in [0.3, 0.4) is 0 Å². The van der Waals surface area contributed by atoms with Gasteiger partial charge in [-0.05, 0) is 37.5 Å². The van der Waals surface area contributed by atoms with Gasteiger partial charge >= 0.3 is 0 Å². The molecule has 0 radical (unpaired) electrons. The van der Waals surface area contributed by atoms with Crippen LogP contribution in [0.2, 0.25) is 0 Å². The average Bonchev–Trinajstić information content (AvgIpc) is 3.19. The molecule has 6 heteroatoms. The van der Waals surface area contributed by atoms with Crippen LogP contribution in [0.5, 0.6) is 0 Å². The van der Waals surface area contributed by atoms with E-state index in [0.717, 1.165) is 50.9 Å². The van der Waals surface area contributed by atoms with Crippen LogP contribution in [0.1, 0.15) is 31.1 Å². The van der Waals surface area contributed by atoms with Crippen molar-refractivity contribution in [2.75, 3.05) is 26.3 Å². The van der Waals surface area contributed by atoms with Crippen molar-refractivity contribution in [1.82, 2.24) is 10.6 Å². The highest BCUT2D eigenvalue weighted by Gasteiger charge is 2.34. The molecular weight excluding hydrogens is 441 g/mol. The molecule has 0 saturated carbocycles. The zero-order valence-electron chi connectivity index (χ0n) is 15.2. The van der Waals surface area contributed by atoms with Crippen molar-refractivity contribution in [3.63, 3.8) is 0 Å². The van der Waals surface area contributed by atoms with E-state index in [1.807, 2.05) is 12.1 Å². The number of hydrogen-bond acceptors (Lipinski definition) is 3. The van der Waals surface area contributed by atoms with E-state index >= 15 is 0 Å². The fraction of sp³-hybridized carbons (Fsp3) is 0.450. The van der Waals surface area contributed by atoms with Crippen LogP contribution in [0, 0.1) is 0 Å². The van der Waals surface area contributed by atoms with Gasteiger partial charge in [-0.15, -0.1) is 24.0 Å². The van der Waals surface area contributed by atoms with Gasteiger partial charge < -0.3 is 19.8 Å². The van der Waals surface area contributed by atoms with Crippen molar-refractivity contribution in [1.29, 1.82) is 0 Å². The van der Waals surface area contributed by atoms with E-state index in [9.17, 15) is 0 Å². The molecule has 0 unspecified atom stereocenters. The summed E-state index contributed by atoms with van der Waals surface area (Å²) < 4.78 is 11.0. The number of ether oxygens (including phenoxy) is 1. The third-order valence-electron chi connectivity index (χ3n) is 4.75. The number of nitrogens with zero attached hydrogens (tertiary/aromatic N) is 1. The Morgan fingerprint density at radius 1 is 1.08 bits per heavy atom. The molecule has 0 aliphatic carbocycles. The largest absolute Gasteiger partial charge is 0.467 e. The van der Waals surface area contributed by atoms with Gasteiger partial charge in [-0.25, -0.2) is 4.99 Å². The van der Waals surface area contributed by atoms with E-state index in [-0.39, 0.29) is 29.4 Å². The minimum atomic E-state index is 0. The lowest BCUT2D eigenvalue weighted by Crippen LogP contribution is -2.48. The molecule has 0 bridgehead atoms. The second-order valence-electron chi connectivity index (χ2n) is 6.39. The Morgan fingerprint density at radius 3 is 2.50 bits per heavy atom. The molecule has 0 amide bonds. The van der Waals surface area contributed by atoms with Gasteiger partial charge in [-0.1, -0.05) is 30.3 Å². The van der Waals surface area contributed by atoms with E-state index in [4.69, 9.17) is 9.15 Å². The van der Waals surface area contributed by atoms with Crippen molar-refractivity contribution in [3.05, 3.63) is 60.1 Å². The first-order valence-electron chi connectivity index (χ1n) is 9.00. The van der Waals surface area contributed by atoms with Crippen molar-refractivity contribution < 1.29 is 9.15 Å². The first-order chi connectivity index (χ1) is 12.3. The lowest BCUT2D eigenvalue weighted by atomic mass is 9.74. The van der Waals surface area contributed by atoms with E-state index in [0.29, 0.717) is 6.54 Å². The minimum Gasteiger partial charge on any atom is -0.467 e. The molecule has 1 aromatic carbocycles. The Labute approximate surface area is 172 Å². The summed E-state index contributed by atoms with van der Waals surface area (Å²) in [6.07, 6.45) is 3.71. The van der Waals surface area contributed by atoms with Gasteiger partial charge in [0, 0.05) is 31.7 Å². The molecule has 2 aromatic rings. The number of guanidine groups is 1. The van der Waals surface area contributed by atoms with Crippen LogP contribution < -0.4 is 10.6 Å². The third kappa shape index (κ3) is 5.48. The summed E-state index contributed by atoms with van der Waals surface area (Å²) in [5, 5.41) is 6.85. The number of halogens is 1. The Hall–Kier alpha value is -1.54. The summed E-state index contributed by atoms with van der Waals surface area (Å²) in [5.74, 6) is 1.68. The topological polar surface area (TPSA) is 58.8 Å². The Morgan fingerprint density at radius 2 is 1.85 bits per heavy atom. The summed E-state index contributed by atoms with van der Waals surface area (Å²) in [6.45, 7) is 5.87. The van der Waals surface area contributed by atoms with Crippen LogP contribution in [0.25, 0.3) is 0 Å². The van der Waals surface area contributed by atoms with Gasteiger partial charge in [0.15, 0.2) is 5.96 Å². The Balaban J connectivity index is 0.00000243. The molecule has 1 fully saturated rings. The highest BCUT2D eigenvalue weighted by atomic mass is 127. The molecule has 0 atom stereocenters. The molecule has 1 aromatic heterocycles. The standard InChI is InChI=1S/C20H27N3O2.HI/c1-2-21-19(22-15-18-9-6-12-25-18)23-16-20(10-13-24-14-11-20)17-7-4-3-5-8-17;/h3-9,12H,2,10-11,13-16H2,1H3,(H2,21,22,23);1H. The van der Waals surface area contributed by atoms with Crippen LogP contribution in [-0.4, -0.2) is 32.3 Å². The number of aliphatic imine (C=N–C) groups is 1. The number of furan rings is 1. The molecule has 2 heterocycles. The molecule has 1 aliphatic rings. The van der Waals surface area contributed by atoms with Crippen LogP contribution in [-0.2, 0) is 16.7 Å². The van der Waals surface area contributed by atoms with Crippen molar-refractivity contribution >= 4 is 29.9 Å². The van der Waals surface area contributed by atoms with Gasteiger partial charge in [0.05, 0.1) is 6.26 Å². The second-order valence-corrected chi connectivity index (χ2v) is 6.39. The smallest absolute Gasteiger partial charge is 0.191 e. The first-order valence-corrected chi connectivity index (χ1v) is 9.00. The SMILES string of the molecule is CCNC(=NCc1ccco1)NCC1(c2ccccc2)CCOCC1.I. The summed E-state index contributed by atoms with van der Waals surface area (Å²) >= 11 is 0. The second kappa shape index (κ2) is 10.6. The first kappa shape index (κ1) is 20.8. The molecule has 2 N–H and O–H groups in total. The maximum atomic E-state index is 5.61. The van der Waals surface area contributed by atoms with Gasteiger partial charge in [-0.2, -0.15) is 0 Å². The fourth-order valence-corrected chi connectivity index (χ4v) is 3.28. The third-order valence-corrected chi connectivity index (χ3v) is 4.75. The van der Waals surface area contributed by atoms with Crippen molar-refractivity contribution in [2.45, 2.75) is 31.7 Å². The monoisotopic (exact) mass is 469 g/mol. The van der Waals surface area contributed by atoms with Crippen LogP contribution in [0.4, 0.5) is 0 Å². The predicted octanol–water partition coefficient (Wildman–Crippen LogP) is 3.70. The molecule has 0 spiro atoms. The van der Waals surface area contributed by atoms with Gasteiger partial charge in [-0.3, -0.25) is 0 Å². The number of rotatable bonds is 6. The lowest BCUT2D eigenvalue weighted by molar-refractivity contribution is 0.0514. The highest BCUT2D eigenvalue weighted by Crippen LogP contribution is 2.34. The molecule has 5 nitrogen and oxygen atoms in total. The quantitative estimate of drug-likeness (QED) is 0.385. The van der Waals surface area contributed by atoms with Gasteiger partial charge in [0.25, 0.3) is 0 Å². The van der Waals surface area contributed by atoms with E-state index < -0.39 is 0 Å². The average molecular weight is 469 g/mol. The predicted molar refractivity (Wildman–Crippen MR) is 115 cm³/mol. The summed E-state index contributed by atoms with van der Waals surface area (Å²) in [5.41, 5.74) is 1.45. The van der Waals surface area contributed by atoms with E-state index in [1.165, 1.54) is 5.56 Å². The van der Waals surface area contributed by atoms with Crippen LogP contribution in [0.15, 0.2) is 58.1 Å². The van der Waals surface area contributed by atoms with E-state index in [2.05, 4.69) is 52.9 Å². The van der Waals surface area contributed by atoms with Crippen molar-refractivity contribution in [2.24, 2.45) is 4.99 Å². The number of hydrogen-bond donors (Lipinski definition) is 2. The zero-order chi connectivity index (χ0) is 17.4. The molecule has 1 aliphatic heterocycles. The van der Waals surface area contributed by atoms with Gasteiger partial charge in [0.2, 0.25) is 0 Å². The van der Waals surface area contributed by atoms with Crippen molar-refractivity contribution in [3.8, 4) is 0 Å². The van der Waals surface area contributed by atoms with E-state index in [1.54, 1.807) is 6.26 Å². The molecule has 26 heavy (non-hydrogen) atoms. The minimum absolute atomic E-state index is 0. The Kier molecular flexibility index (Phi) is 8.44. The molecule has 142 valence electrons. The van der Waals surface area contributed by atoms with Gasteiger partial charge in [0.1, 0.15) is 12.3 Å². The summed E-state index contributed by atoms with van der Waals surface area (Å²) in [6, 6.07) is 14.6. The zero-order valence-corrected chi connectivity index (χ0v) is 17.6. The normalized spacial score (nSPS) is 16.6. The highest BCUT2D eigenvalue weighted by molar-refractivity contribution is 14.0. The maximum Gasteiger partial charge on any atom is 0.191 e.